The number of rotatable bonds is 7. The van der Waals surface area contributed by atoms with Crippen molar-refractivity contribution in [3.63, 3.8) is 0 Å². The van der Waals surface area contributed by atoms with Gasteiger partial charge in [0, 0.05) is 71.0 Å². The van der Waals surface area contributed by atoms with E-state index in [1.807, 2.05) is 12.1 Å². The summed E-state index contributed by atoms with van der Waals surface area (Å²) in [6.07, 6.45) is 3.53. The summed E-state index contributed by atoms with van der Waals surface area (Å²) in [6.45, 7) is 6.53. The van der Waals surface area contributed by atoms with E-state index in [2.05, 4.69) is 73.9 Å². The zero-order chi connectivity index (χ0) is 30.8. The van der Waals surface area contributed by atoms with E-state index in [-0.39, 0.29) is 34.4 Å². The first-order valence-corrected chi connectivity index (χ1v) is 15.8. The van der Waals surface area contributed by atoms with Crippen LogP contribution < -0.4 is 21.1 Å². The minimum Gasteiger partial charge on any atom is -0.378 e. The second-order valence-electron chi connectivity index (χ2n) is 12.4. The molecule has 3 aliphatic rings. The molecule has 3 atom stereocenters. The zero-order valence-corrected chi connectivity index (χ0v) is 26.1. The number of hydrogen-bond acceptors (Lipinski definition) is 8. The number of hydrogen-bond donors (Lipinski definition) is 2. The quantitative estimate of drug-likeness (QED) is 0.390. The molecule has 4 heterocycles. The van der Waals surface area contributed by atoms with Gasteiger partial charge in [-0.1, -0.05) is 48.0 Å². The Morgan fingerprint density at radius 2 is 1.75 bits per heavy atom. The van der Waals surface area contributed by atoms with E-state index in [1.165, 1.54) is 15.8 Å². The lowest BCUT2D eigenvalue weighted by molar-refractivity contribution is -0.134. The fourth-order valence-corrected chi connectivity index (χ4v) is 6.99. The Hall–Kier alpha value is -3.73. The first kappa shape index (κ1) is 30.3. The molecule has 0 saturated carbocycles. The third kappa shape index (κ3) is 6.82. The molecule has 10 nitrogen and oxygen atoms in total. The molecule has 44 heavy (non-hydrogen) atoms. The maximum atomic E-state index is 12.4. The first-order chi connectivity index (χ1) is 21.2. The molecule has 3 fully saturated rings. The number of carbonyl (C=O) groups is 2. The summed E-state index contributed by atoms with van der Waals surface area (Å²) in [5, 5.41) is 10.2. The second kappa shape index (κ2) is 13.1. The van der Waals surface area contributed by atoms with Crippen LogP contribution in [0, 0.1) is 0 Å². The van der Waals surface area contributed by atoms with E-state index in [0.717, 1.165) is 63.5 Å². The van der Waals surface area contributed by atoms with Crippen LogP contribution in [0.3, 0.4) is 0 Å². The zero-order valence-electron chi connectivity index (χ0n) is 25.3. The highest BCUT2D eigenvalue weighted by molar-refractivity contribution is 6.32. The summed E-state index contributed by atoms with van der Waals surface area (Å²) in [6, 6.07) is 17.4. The van der Waals surface area contributed by atoms with Crippen LogP contribution in [0.15, 0.2) is 59.5 Å². The third-order valence-corrected chi connectivity index (χ3v) is 9.54. The number of aromatic nitrogens is 2. The Labute approximate surface area is 263 Å². The minimum absolute atomic E-state index is 0.158. The molecule has 11 heteroatoms. The Morgan fingerprint density at radius 3 is 2.50 bits per heavy atom. The number of likely N-dealkylation sites (N-methyl/N-ethyl adjacent to an activating group) is 1. The van der Waals surface area contributed by atoms with Crippen molar-refractivity contribution < 1.29 is 9.59 Å². The van der Waals surface area contributed by atoms with Crippen molar-refractivity contribution in [1.29, 1.82) is 0 Å². The van der Waals surface area contributed by atoms with Gasteiger partial charge in [-0.2, -0.15) is 5.10 Å². The number of benzene rings is 2. The summed E-state index contributed by atoms with van der Waals surface area (Å²) in [7, 11) is 3.72. The first-order valence-electron chi connectivity index (χ1n) is 15.4. The highest BCUT2D eigenvalue weighted by Crippen LogP contribution is 2.31. The fraction of sp³-hybridized carbons (Fsp3) is 0.455. The van der Waals surface area contributed by atoms with E-state index < -0.39 is 0 Å². The van der Waals surface area contributed by atoms with Gasteiger partial charge in [0.2, 0.25) is 11.8 Å². The Bertz CT molecular complexity index is 1570. The number of halogens is 1. The van der Waals surface area contributed by atoms with Gasteiger partial charge in [0.1, 0.15) is 5.02 Å². The van der Waals surface area contributed by atoms with Gasteiger partial charge in [-0.15, -0.1) is 0 Å². The number of piperazine rings is 1. The number of anilines is 2. The number of nitrogens with zero attached hydrogens (tertiary/aromatic N) is 5. The summed E-state index contributed by atoms with van der Waals surface area (Å²) in [5.74, 6) is -0.260. The number of amides is 2. The van der Waals surface area contributed by atoms with Gasteiger partial charge in [0.25, 0.3) is 5.56 Å². The molecule has 3 saturated heterocycles. The topological polar surface area (TPSA) is 103 Å². The van der Waals surface area contributed by atoms with Crippen LogP contribution in [-0.2, 0) is 23.2 Å². The van der Waals surface area contributed by atoms with Crippen molar-refractivity contribution >= 4 is 34.8 Å². The highest BCUT2D eigenvalue weighted by atomic mass is 35.5. The average molecular weight is 618 g/mol. The minimum atomic E-state index is -0.298. The molecular weight excluding hydrogens is 578 g/mol. The lowest BCUT2D eigenvalue weighted by Gasteiger charge is -2.37. The standard InChI is InChI=1S/C33H40ClN7O3/c1-38-20-25(16-26(21-38)36-29-18-35-39(2)33(44)31(29)34)23-8-6-22(7-9-23)19-40-12-14-41(15-13-40)27-5-3-4-24(17-27)28-10-11-30(42)37-32(28)43/h3-9,17-18,25-26,28,36H,10-16,19-21H2,1-2H3,(H,37,42,43). The summed E-state index contributed by atoms with van der Waals surface area (Å²) < 4.78 is 1.25. The van der Waals surface area contributed by atoms with Crippen molar-refractivity contribution in [3.8, 4) is 0 Å². The predicted molar refractivity (Wildman–Crippen MR) is 172 cm³/mol. The van der Waals surface area contributed by atoms with E-state index in [9.17, 15) is 14.4 Å². The maximum absolute atomic E-state index is 12.4. The Balaban J connectivity index is 1.02. The van der Waals surface area contributed by atoms with E-state index in [0.29, 0.717) is 24.4 Å². The molecule has 3 unspecified atom stereocenters. The molecule has 232 valence electrons. The van der Waals surface area contributed by atoms with Crippen LogP contribution in [0.25, 0.3) is 0 Å². The van der Waals surface area contributed by atoms with Gasteiger partial charge in [0.05, 0.1) is 17.8 Å². The van der Waals surface area contributed by atoms with Gasteiger partial charge in [-0.05, 0) is 54.6 Å². The van der Waals surface area contributed by atoms with Gasteiger partial charge in [0.15, 0.2) is 0 Å². The lowest BCUT2D eigenvalue weighted by Crippen LogP contribution is -2.46. The lowest BCUT2D eigenvalue weighted by atomic mass is 9.87. The van der Waals surface area contributed by atoms with Gasteiger partial charge in [-0.3, -0.25) is 24.6 Å². The van der Waals surface area contributed by atoms with Crippen LogP contribution in [0.4, 0.5) is 11.4 Å². The normalized spacial score (nSPS) is 23.4. The Morgan fingerprint density at radius 1 is 0.977 bits per heavy atom. The summed E-state index contributed by atoms with van der Waals surface area (Å²) in [4.78, 5) is 43.3. The molecule has 1 aromatic heterocycles. The molecule has 0 radical (unpaired) electrons. The predicted octanol–water partition coefficient (Wildman–Crippen LogP) is 3.18. The van der Waals surface area contributed by atoms with Crippen molar-refractivity contribution in [2.24, 2.45) is 7.05 Å². The molecule has 3 aromatic rings. The molecule has 6 rings (SSSR count). The SMILES string of the molecule is CN1CC(Nc2cnn(C)c(=O)c2Cl)CC(c2ccc(CN3CCN(c4cccc(C5CCC(=O)NC5=O)c4)CC3)cc2)C1. The molecule has 2 N–H and O–H groups in total. The van der Waals surface area contributed by atoms with Gasteiger partial charge >= 0.3 is 0 Å². The summed E-state index contributed by atoms with van der Waals surface area (Å²) in [5.41, 5.74) is 5.03. The van der Waals surface area contributed by atoms with Crippen LogP contribution in [0.1, 0.15) is 47.8 Å². The molecular formula is C33H40ClN7O3. The van der Waals surface area contributed by atoms with Gasteiger partial charge < -0.3 is 15.1 Å². The van der Waals surface area contributed by atoms with Crippen molar-refractivity contribution in [2.45, 2.75) is 43.7 Å². The molecule has 2 aromatic carbocycles. The van der Waals surface area contributed by atoms with Gasteiger partial charge in [-0.25, -0.2) is 4.68 Å². The second-order valence-corrected chi connectivity index (χ2v) is 12.8. The largest absolute Gasteiger partial charge is 0.378 e. The molecule has 2 amide bonds. The molecule has 0 aliphatic carbocycles. The van der Waals surface area contributed by atoms with Crippen molar-refractivity contribution in [1.82, 2.24) is 24.9 Å². The van der Waals surface area contributed by atoms with E-state index >= 15 is 0 Å². The van der Waals surface area contributed by atoms with Crippen molar-refractivity contribution in [3.05, 3.63) is 86.8 Å². The maximum Gasteiger partial charge on any atom is 0.287 e. The van der Waals surface area contributed by atoms with Crippen molar-refractivity contribution in [2.75, 3.05) is 56.5 Å². The van der Waals surface area contributed by atoms with Crippen LogP contribution in [0.2, 0.25) is 5.02 Å². The number of carbonyl (C=O) groups excluding carboxylic acids is 2. The Kier molecular flexibility index (Phi) is 9.02. The molecule has 0 spiro atoms. The monoisotopic (exact) mass is 617 g/mol. The number of imide groups is 1. The molecule has 3 aliphatic heterocycles. The highest BCUT2D eigenvalue weighted by Gasteiger charge is 2.29. The average Bonchev–Trinajstić information content (AvgIpc) is 3.02. The fourth-order valence-electron chi connectivity index (χ4n) is 6.76. The van der Waals surface area contributed by atoms with Crippen LogP contribution in [0.5, 0.6) is 0 Å². The number of aryl methyl sites for hydroxylation is 1. The smallest absolute Gasteiger partial charge is 0.287 e. The van der Waals surface area contributed by atoms with E-state index in [1.54, 1.807) is 13.2 Å². The third-order valence-electron chi connectivity index (χ3n) is 9.18. The van der Waals surface area contributed by atoms with Crippen LogP contribution >= 0.6 is 11.6 Å². The number of likely N-dealkylation sites (tertiary alicyclic amines) is 1. The van der Waals surface area contributed by atoms with E-state index in [4.69, 9.17) is 11.6 Å². The number of piperidine rings is 2. The summed E-state index contributed by atoms with van der Waals surface area (Å²) >= 11 is 6.31. The van der Waals surface area contributed by atoms with Crippen LogP contribution in [-0.4, -0.2) is 83.8 Å². The number of nitrogens with one attached hydrogen (secondary N) is 2. The molecule has 0 bridgehead atoms.